The van der Waals surface area contributed by atoms with Gasteiger partial charge in [0.05, 0.1) is 6.61 Å². The SMILES string of the molecule is CCCC(C)COC(=O)NCCNC(=O)[C@H](C)NC(=O)C(NC(=O)CCN1C(=O)C=CC1=O)C(C)C. The lowest BCUT2D eigenvalue weighted by atomic mass is 10.0. The number of hydrogen-bond donors (Lipinski definition) is 4. The van der Waals surface area contributed by atoms with Crippen LogP contribution in [0.1, 0.15) is 53.9 Å². The summed E-state index contributed by atoms with van der Waals surface area (Å²) in [5, 5.41) is 10.3. The van der Waals surface area contributed by atoms with Crippen molar-refractivity contribution in [2.24, 2.45) is 11.8 Å². The average molecular weight is 510 g/mol. The van der Waals surface area contributed by atoms with E-state index in [4.69, 9.17) is 4.74 Å². The molecule has 0 aromatic rings. The Morgan fingerprint density at radius 1 is 0.917 bits per heavy atom. The largest absolute Gasteiger partial charge is 0.449 e. The van der Waals surface area contributed by atoms with E-state index < -0.39 is 47.7 Å². The summed E-state index contributed by atoms with van der Waals surface area (Å²) >= 11 is 0. The van der Waals surface area contributed by atoms with Gasteiger partial charge in [-0.2, -0.15) is 0 Å². The van der Waals surface area contributed by atoms with Crippen molar-refractivity contribution in [3.05, 3.63) is 12.2 Å². The fourth-order valence-corrected chi connectivity index (χ4v) is 3.36. The quantitative estimate of drug-likeness (QED) is 0.181. The van der Waals surface area contributed by atoms with Crippen LogP contribution in [0.2, 0.25) is 0 Å². The highest BCUT2D eigenvalue weighted by Gasteiger charge is 2.28. The molecule has 3 atom stereocenters. The minimum Gasteiger partial charge on any atom is -0.449 e. The number of hydrogen-bond acceptors (Lipinski definition) is 7. The average Bonchev–Trinajstić information content (AvgIpc) is 3.14. The molecule has 1 heterocycles. The van der Waals surface area contributed by atoms with E-state index in [0.29, 0.717) is 6.61 Å². The number of carbonyl (C=O) groups is 6. The molecule has 0 aromatic heterocycles. The Balaban J connectivity index is 2.38. The van der Waals surface area contributed by atoms with Crippen molar-refractivity contribution in [2.45, 2.75) is 66.0 Å². The molecule has 12 nitrogen and oxygen atoms in total. The van der Waals surface area contributed by atoms with Crippen LogP contribution in [-0.2, 0) is 28.7 Å². The Morgan fingerprint density at radius 3 is 2.11 bits per heavy atom. The number of rotatable bonds is 15. The normalized spacial score (nSPS) is 15.3. The minimum atomic E-state index is -0.914. The molecule has 0 saturated carbocycles. The van der Waals surface area contributed by atoms with E-state index in [1.54, 1.807) is 13.8 Å². The standard InChI is InChI=1S/C24H39N5O7/c1-6-7-16(4)14-36-24(35)26-12-11-25-22(33)17(5)27-23(34)21(15(2)3)28-18(30)10-13-29-19(31)8-9-20(29)32/h8-9,15-17,21H,6-7,10-14H2,1-5H3,(H,25,33)(H,26,35)(H,27,34)(H,28,30)/t16?,17-,21?/m0/s1. The summed E-state index contributed by atoms with van der Waals surface area (Å²) in [5.74, 6) is -2.48. The van der Waals surface area contributed by atoms with Crippen LogP contribution in [-0.4, -0.2) is 78.9 Å². The van der Waals surface area contributed by atoms with E-state index >= 15 is 0 Å². The molecule has 2 unspecified atom stereocenters. The molecule has 1 aliphatic rings. The molecule has 0 spiro atoms. The zero-order chi connectivity index (χ0) is 27.3. The molecular formula is C24H39N5O7. The van der Waals surface area contributed by atoms with Gasteiger partial charge >= 0.3 is 6.09 Å². The number of carbonyl (C=O) groups excluding carboxylic acids is 6. The number of nitrogens with one attached hydrogen (secondary N) is 4. The lowest BCUT2D eigenvalue weighted by Crippen LogP contribution is -2.55. The maximum Gasteiger partial charge on any atom is 0.407 e. The summed E-state index contributed by atoms with van der Waals surface area (Å²) in [5.41, 5.74) is 0. The molecule has 0 bridgehead atoms. The Morgan fingerprint density at radius 2 is 1.53 bits per heavy atom. The van der Waals surface area contributed by atoms with Crippen molar-refractivity contribution in [3.63, 3.8) is 0 Å². The Hall–Kier alpha value is -3.44. The molecule has 4 N–H and O–H groups in total. The summed E-state index contributed by atoms with van der Waals surface area (Å²) < 4.78 is 5.11. The Bertz CT molecular complexity index is 825. The lowest BCUT2D eigenvalue weighted by Gasteiger charge is -2.24. The first-order valence-electron chi connectivity index (χ1n) is 12.3. The predicted octanol–water partition coefficient (Wildman–Crippen LogP) is 0.226. The van der Waals surface area contributed by atoms with Crippen molar-refractivity contribution >= 4 is 35.6 Å². The third-order valence-electron chi connectivity index (χ3n) is 5.45. The molecule has 0 aromatic carbocycles. The summed E-state index contributed by atoms with van der Waals surface area (Å²) in [6, 6.07) is -1.80. The van der Waals surface area contributed by atoms with E-state index in [1.807, 2.05) is 6.92 Å². The maximum atomic E-state index is 12.7. The first kappa shape index (κ1) is 30.6. The first-order chi connectivity index (χ1) is 17.0. The molecule has 0 fully saturated rings. The van der Waals surface area contributed by atoms with Crippen LogP contribution in [0.25, 0.3) is 0 Å². The zero-order valence-corrected chi connectivity index (χ0v) is 21.7. The van der Waals surface area contributed by atoms with Gasteiger partial charge in [0.1, 0.15) is 12.1 Å². The molecule has 36 heavy (non-hydrogen) atoms. The van der Waals surface area contributed by atoms with Gasteiger partial charge in [-0.25, -0.2) is 4.79 Å². The molecule has 12 heteroatoms. The van der Waals surface area contributed by atoms with Crippen LogP contribution in [0.3, 0.4) is 0 Å². The number of ether oxygens (including phenoxy) is 1. The first-order valence-corrected chi connectivity index (χ1v) is 12.3. The van der Waals surface area contributed by atoms with E-state index in [0.717, 1.165) is 29.9 Å². The van der Waals surface area contributed by atoms with Gasteiger partial charge in [0, 0.05) is 38.2 Å². The molecule has 202 valence electrons. The van der Waals surface area contributed by atoms with Crippen LogP contribution in [0.5, 0.6) is 0 Å². The van der Waals surface area contributed by atoms with Gasteiger partial charge in [-0.1, -0.05) is 34.1 Å². The summed E-state index contributed by atoms with van der Waals surface area (Å²) in [6.07, 6.45) is 3.53. The second-order valence-corrected chi connectivity index (χ2v) is 9.14. The van der Waals surface area contributed by atoms with E-state index in [1.165, 1.54) is 6.92 Å². The number of nitrogens with zero attached hydrogens (tertiary/aromatic N) is 1. The fourth-order valence-electron chi connectivity index (χ4n) is 3.36. The number of alkyl carbamates (subject to hydrolysis) is 1. The summed E-state index contributed by atoms with van der Waals surface area (Å²) in [6.45, 7) is 9.57. The van der Waals surface area contributed by atoms with Crippen LogP contribution >= 0.6 is 0 Å². The summed E-state index contributed by atoms with van der Waals surface area (Å²) in [7, 11) is 0. The minimum absolute atomic E-state index is 0.0961. The second kappa shape index (κ2) is 15.5. The van der Waals surface area contributed by atoms with E-state index in [2.05, 4.69) is 28.2 Å². The topological polar surface area (TPSA) is 163 Å². The Kier molecular flexibility index (Phi) is 13.2. The van der Waals surface area contributed by atoms with Gasteiger partial charge in [-0.15, -0.1) is 0 Å². The molecule has 1 rings (SSSR count). The lowest BCUT2D eigenvalue weighted by molar-refractivity contribution is -0.137. The molecule has 0 saturated heterocycles. The van der Waals surface area contributed by atoms with E-state index in [-0.39, 0.29) is 37.9 Å². The number of imide groups is 1. The van der Waals surface area contributed by atoms with Crippen molar-refractivity contribution in [2.75, 3.05) is 26.2 Å². The van der Waals surface area contributed by atoms with Crippen LogP contribution < -0.4 is 21.3 Å². The van der Waals surface area contributed by atoms with Crippen molar-refractivity contribution in [1.29, 1.82) is 0 Å². The Labute approximate surface area is 211 Å². The van der Waals surface area contributed by atoms with Crippen molar-refractivity contribution in [3.8, 4) is 0 Å². The van der Waals surface area contributed by atoms with Crippen molar-refractivity contribution < 1.29 is 33.5 Å². The molecule has 0 aliphatic carbocycles. The van der Waals surface area contributed by atoms with Gasteiger partial charge in [0.2, 0.25) is 17.7 Å². The summed E-state index contributed by atoms with van der Waals surface area (Å²) in [4.78, 5) is 73.1. The van der Waals surface area contributed by atoms with Gasteiger partial charge in [-0.3, -0.25) is 28.9 Å². The maximum absolute atomic E-state index is 12.7. The third kappa shape index (κ3) is 10.9. The zero-order valence-electron chi connectivity index (χ0n) is 21.7. The molecule has 6 amide bonds. The van der Waals surface area contributed by atoms with Gasteiger partial charge < -0.3 is 26.0 Å². The van der Waals surface area contributed by atoms with Gasteiger partial charge in [0.25, 0.3) is 11.8 Å². The smallest absolute Gasteiger partial charge is 0.407 e. The third-order valence-corrected chi connectivity index (χ3v) is 5.45. The van der Waals surface area contributed by atoms with Crippen LogP contribution in [0.15, 0.2) is 12.2 Å². The highest BCUT2D eigenvalue weighted by atomic mass is 16.5. The second-order valence-electron chi connectivity index (χ2n) is 9.14. The highest BCUT2D eigenvalue weighted by molar-refractivity contribution is 6.13. The van der Waals surface area contributed by atoms with Crippen molar-refractivity contribution in [1.82, 2.24) is 26.2 Å². The van der Waals surface area contributed by atoms with E-state index in [9.17, 15) is 28.8 Å². The fraction of sp³-hybridized carbons (Fsp3) is 0.667. The predicted molar refractivity (Wildman–Crippen MR) is 131 cm³/mol. The number of amides is 6. The van der Waals surface area contributed by atoms with Crippen LogP contribution in [0.4, 0.5) is 4.79 Å². The monoisotopic (exact) mass is 509 g/mol. The van der Waals surface area contributed by atoms with Gasteiger partial charge in [-0.05, 0) is 25.2 Å². The molecule has 0 radical (unpaired) electrons. The van der Waals surface area contributed by atoms with Gasteiger partial charge in [0.15, 0.2) is 0 Å². The molecular weight excluding hydrogens is 470 g/mol. The highest BCUT2D eigenvalue weighted by Crippen LogP contribution is 2.07. The molecule has 1 aliphatic heterocycles. The van der Waals surface area contributed by atoms with Crippen LogP contribution in [0, 0.1) is 11.8 Å².